The Bertz CT molecular complexity index is 864. The standard InChI is InChI=1S/C18H14N2O3S/c1-23-12-7-8-14-15(10-12)24-18-19-16(21)13(17(22)20(14)18)9-11-5-3-2-4-6-11/h2-8,10,13H,9H2,1H3/t13-/m1/s1. The number of anilines is 1. The first kappa shape index (κ1) is 15.0. The van der Waals surface area contributed by atoms with Crippen LogP contribution < -0.4 is 9.64 Å². The molecule has 0 unspecified atom stereocenters. The van der Waals surface area contributed by atoms with Gasteiger partial charge in [0.25, 0.3) is 5.91 Å². The topological polar surface area (TPSA) is 59.0 Å². The maximum absolute atomic E-state index is 12.9. The number of hydrogen-bond acceptors (Lipinski definition) is 4. The van der Waals surface area contributed by atoms with E-state index in [4.69, 9.17) is 4.74 Å². The minimum Gasteiger partial charge on any atom is -0.497 e. The summed E-state index contributed by atoms with van der Waals surface area (Å²) in [5.41, 5.74) is 1.71. The number of fused-ring (bicyclic) bond motifs is 3. The van der Waals surface area contributed by atoms with Crippen molar-refractivity contribution in [3.8, 4) is 5.75 Å². The second kappa shape index (κ2) is 5.79. The quantitative estimate of drug-likeness (QED) is 0.808. The van der Waals surface area contributed by atoms with Gasteiger partial charge in [0.15, 0.2) is 5.17 Å². The molecule has 0 N–H and O–H groups in total. The maximum Gasteiger partial charge on any atom is 0.261 e. The molecule has 2 aliphatic rings. The van der Waals surface area contributed by atoms with Gasteiger partial charge in [0.2, 0.25) is 5.91 Å². The molecular weight excluding hydrogens is 324 g/mol. The molecule has 5 nitrogen and oxygen atoms in total. The molecule has 0 fully saturated rings. The molecule has 0 aromatic heterocycles. The second-order valence-electron chi connectivity index (χ2n) is 5.58. The SMILES string of the molecule is COc1ccc2c(c1)SC1=NC(=O)[C@@H](Cc3ccccc3)C(=O)N12. The summed E-state index contributed by atoms with van der Waals surface area (Å²) < 4.78 is 5.22. The Labute approximate surface area is 143 Å². The van der Waals surface area contributed by atoms with Gasteiger partial charge in [0.1, 0.15) is 11.7 Å². The molecule has 0 bridgehead atoms. The smallest absolute Gasteiger partial charge is 0.261 e. The lowest BCUT2D eigenvalue weighted by Gasteiger charge is -2.26. The first-order valence-electron chi connectivity index (χ1n) is 7.53. The normalized spacial score (nSPS) is 19.0. The van der Waals surface area contributed by atoms with E-state index in [1.165, 1.54) is 11.8 Å². The third-order valence-electron chi connectivity index (χ3n) is 4.11. The van der Waals surface area contributed by atoms with Crippen LogP contribution in [0.1, 0.15) is 5.56 Å². The molecule has 2 heterocycles. The van der Waals surface area contributed by atoms with E-state index in [0.29, 0.717) is 17.3 Å². The number of aliphatic imine (C=N–C) groups is 1. The van der Waals surface area contributed by atoms with E-state index in [0.717, 1.165) is 16.1 Å². The van der Waals surface area contributed by atoms with Crippen LogP contribution in [-0.2, 0) is 16.0 Å². The highest BCUT2D eigenvalue weighted by Gasteiger charge is 2.43. The van der Waals surface area contributed by atoms with Crippen molar-refractivity contribution in [2.24, 2.45) is 10.9 Å². The van der Waals surface area contributed by atoms with E-state index >= 15 is 0 Å². The first-order chi connectivity index (χ1) is 11.7. The van der Waals surface area contributed by atoms with Gasteiger partial charge in [-0.2, -0.15) is 4.99 Å². The van der Waals surface area contributed by atoms with E-state index in [2.05, 4.69) is 4.99 Å². The number of nitrogens with zero attached hydrogens (tertiary/aromatic N) is 2. The molecule has 0 spiro atoms. The van der Waals surface area contributed by atoms with Crippen LogP contribution in [0, 0.1) is 5.92 Å². The van der Waals surface area contributed by atoms with Gasteiger partial charge >= 0.3 is 0 Å². The van der Waals surface area contributed by atoms with Gasteiger partial charge < -0.3 is 4.74 Å². The number of amides is 2. The Morgan fingerprint density at radius 3 is 2.71 bits per heavy atom. The molecule has 2 aromatic rings. The zero-order valence-corrected chi connectivity index (χ0v) is 13.7. The molecule has 120 valence electrons. The van der Waals surface area contributed by atoms with Gasteiger partial charge in [-0.05, 0) is 41.9 Å². The molecule has 2 aromatic carbocycles. The van der Waals surface area contributed by atoms with E-state index in [1.807, 2.05) is 42.5 Å². The van der Waals surface area contributed by atoms with E-state index < -0.39 is 5.92 Å². The van der Waals surface area contributed by atoms with Crippen LogP contribution in [0.15, 0.2) is 58.4 Å². The van der Waals surface area contributed by atoms with Crippen molar-refractivity contribution in [1.29, 1.82) is 0 Å². The second-order valence-corrected chi connectivity index (χ2v) is 6.59. The fourth-order valence-corrected chi connectivity index (χ4v) is 3.93. The lowest BCUT2D eigenvalue weighted by molar-refractivity contribution is -0.131. The Morgan fingerprint density at radius 2 is 1.96 bits per heavy atom. The summed E-state index contributed by atoms with van der Waals surface area (Å²) in [6.07, 6.45) is 0.363. The van der Waals surface area contributed by atoms with Gasteiger partial charge in [-0.3, -0.25) is 14.5 Å². The Hall–Kier alpha value is -2.60. The summed E-state index contributed by atoms with van der Waals surface area (Å²) in [6, 6.07) is 15.0. The van der Waals surface area contributed by atoms with Crippen LogP contribution in [0.25, 0.3) is 0 Å². The van der Waals surface area contributed by atoms with Gasteiger partial charge in [-0.15, -0.1) is 0 Å². The number of benzene rings is 2. The van der Waals surface area contributed by atoms with Crippen molar-refractivity contribution >= 4 is 34.4 Å². The van der Waals surface area contributed by atoms with Crippen molar-refractivity contribution in [2.45, 2.75) is 11.3 Å². The van der Waals surface area contributed by atoms with Crippen molar-refractivity contribution in [1.82, 2.24) is 0 Å². The summed E-state index contributed by atoms with van der Waals surface area (Å²) in [5, 5.41) is 0.428. The number of hydrogen-bond donors (Lipinski definition) is 0. The predicted octanol–water partition coefficient (Wildman–Crippen LogP) is 2.89. The van der Waals surface area contributed by atoms with Crippen LogP contribution in [-0.4, -0.2) is 24.1 Å². The molecule has 4 rings (SSSR count). The summed E-state index contributed by atoms with van der Waals surface area (Å²) >= 11 is 1.32. The van der Waals surface area contributed by atoms with Crippen molar-refractivity contribution in [3.05, 3.63) is 54.1 Å². The average Bonchev–Trinajstić information content (AvgIpc) is 2.96. The zero-order chi connectivity index (χ0) is 16.7. The number of rotatable bonds is 3. The van der Waals surface area contributed by atoms with Crippen molar-refractivity contribution < 1.29 is 14.3 Å². The number of carbonyl (C=O) groups is 2. The minimum absolute atomic E-state index is 0.217. The molecule has 6 heteroatoms. The van der Waals surface area contributed by atoms with Crippen LogP contribution in [0.3, 0.4) is 0 Å². The third-order valence-corrected chi connectivity index (χ3v) is 5.11. The highest BCUT2D eigenvalue weighted by atomic mass is 32.2. The Morgan fingerprint density at radius 1 is 1.17 bits per heavy atom. The van der Waals surface area contributed by atoms with Gasteiger partial charge in [-0.25, -0.2) is 0 Å². The lowest BCUT2D eigenvalue weighted by atomic mass is 9.96. The fraction of sp³-hybridized carbons (Fsp3) is 0.167. The predicted molar refractivity (Wildman–Crippen MR) is 92.4 cm³/mol. The van der Waals surface area contributed by atoms with Crippen LogP contribution in [0.5, 0.6) is 5.75 Å². The molecule has 0 saturated heterocycles. The molecule has 2 amide bonds. The first-order valence-corrected chi connectivity index (χ1v) is 8.35. The summed E-state index contributed by atoms with van der Waals surface area (Å²) in [7, 11) is 1.59. The Kier molecular flexibility index (Phi) is 3.61. The number of methoxy groups -OCH3 is 1. The van der Waals surface area contributed by atoms with Crippen molar-refractivity contribution in [3.63, 3.8) is 0 Å². The molecule has 0 saturated carbocycles. The van der Waals surface area contributed by atoms with Crippen molar-refractivity contribution in [2.75, 3.05) is 12.0 Å². The number of amidine groups is 1. The molecule has 2 aliphatic heterocycles. The lowest BCUT2D eigenvalue weighted by Crippen LogP contribution is -2.45. The van der Waals surface area contributed by atoms with Gasteiger partial charge in [0.05, 0.1) is 12.8 Å². The van der Waals surface area contributed by atoms with Crippen LogP contribution in [0.4, 0.5) is 5.69 Å². The third kappa shape index (κ3) is 2.39. The highest BCUT2D eigenvalue weighted by molar-refractivity contribution is 8.15. The summed E-state index contributed by atoms with van der Waals surface area (Å²) in [6.45, 7) is 0. The monoisotopic (exact) mass is 338 g/mol. The number of carbonyl (C=O) groups excluding carboxylic acids is 2. The summed E-state index contributed by atoms with van der Waals surface area (Å²) in [5.74, 6) is -0.654. The van der Waals surface area contributed by atoms with E-state index in [-0.39, 0.29) is 11.8 Å². The number of thioether (sulfide) groups is 1. The van der Waals surface area contributed by atoms with Crippen LogP contribution in [0.2, 0.25) is 0 Å². The Balaban J connectivity index is 1.69. The van der Waals surface area contributed by atoms with E-state index in [9.17, 15) is 9.59 Å². The molecule has 24 heavy (non-hydrogen) atoms. The largest absolute Gasteiger partial charge is 0.497 e. The minimum atomic E-state index is -0.773. The highest BCUT2D eigenvalue weighted by Crippen LogP contribution is 2.44. The maximum atomic E-state index is 12.9. The van der Waals surface area contributed by atoms with Crippen LogP contribution >= 0.6 is 11.8 Å². The molecule has 1 atom stereocenters. The van der Waals surface area contributed by atoms with Gasteiger partial charge in [-0.1, -0.05) is 30.3 Å². The molecule has 0 radical (unpaired) electrons. The fourth-order valence-electron chi connectivity index (χ4n) is 2.88. The van der Waals surface area contributed by atoms with E-state index in [1.54, 1.807) is 18.1 Å². The summed E-state index contributed by atoms with van der Waals surface area (Å²) in [4.78, 5) is 31.8. The number of ether oxygens (including phenoxy) is 1. The zero-order valence-electron chi connectivity index (χ0n) is 12.9. The molecule has 0 aliphatic carbocycles. The average molecular weight is 338 g/mol. The molecular formula is C18H14N2O3S. The van der Waals surface area contributed by atoms with Gasteiger partial charge in [0, 0.05) is 4.90 Å².